The van der Waals surface area contributed by atoms with Crippen molar-refractivity contribution in [1.82, 2.24) is 14.8 Å². The monoisotopic (exact) mass is 264 g/mol. The van der Waals surface area contributed by atoms with Gasteiger partial charge in [0.25, 0.3) is 0 Å². The molecule has 1 aliphatic carbocycles. The first-order chi connectivity index (χ1) is 9.85. The number of hydrogen-bond donors (Lipinski definition) is 1. The lowest BCUT2D eigenvalue weighted by molar-refractivity contribution is 0.837. The molecule has 20 heavy (non-hydrogen) atoms. The highest BCUT2D eigenvalue weighted by molar-refractivity contribution is 5.87. The lowest BCUT2D eigenvalue weighted by atomic mass is 10.1. The van der Waals surface area contributed by atoms with Crippen molar-refractivity contribution >= 4 is 10.9 Å². The van der Waals surface area contributed by atoms with E-state index in [0.717, 1.165) is 22.3 Å². The standard InChI is InChI=1S/C16H16N4/c17-10-12-9-16(13-3-1-2-4-15(13)18-12)20-8-7-14(19-20)11-5-6-11/h1-4,7-9,11H,5-6,10,17H2. The summed E-state index contributed by atoms with van der Waals surface area (Å²) in [5.74, 6) is 0.665. The molecule has 0 spiro atoms. The summed E-state index contributed by atoms with van der Waals surface area (Å²) < 4.78 is 1.96. The minimum atomic E-state index is 0.439. The highest BCUT2D eigenvalue weighted by Gasteiger charge is 2.26. The zero-order chi connectivity index (χ0) is 13.5. The second-order valence-corrected chi connectivity index (χ2v) is 5.31. The van der Waals surface area contributed by atoms with E-state index in [2.05, 4.69) is 17.1 Å². The molecular weight excluding hydrogens is 248 g/mol. The van der Waals surface area contributed by atoms with Gasteiger partial charge in [0.1, 0.15) is 0 Å². The van der Waals surface area contributed by atoms with Crippen LogP contribution in [-0.4, -0.2) is 14.8 Å². The highest BCUT2D eigenvalue weighted by atomic mass is 15.3. The number of fused-ring (bicyclic) bond motifs is 1. The Morgan fingerprint density at radius 2 is 2.05 bits per heavy atom. The fourth-order valence-electron chi connectivity index (χ4n) is 2.57. The molecule has 4 rings (SSSR count). The topological polar surface area (TPSA) is 56.7 Å². The van der Waals surface area contributed by atoms with Gasteiger partial charge in [-0.3, -0.25) is 4.98 Å². The predicted octanol–water partition coefficient (Wildman–Crippen LogP) is 2.76. The van der Waals surface area contributed by atoms with Crippen molar-refractivity contribution in [1.29, 1.82) is 0 Å². The molecule has 0 saturated heterocycles. The van der Waals surface area contributed by atoms with Gasteiger partial charge in [-0.1, -0.05) is 18.2 Å². The van der Waals surface area contributed by atoms with Gasteiger partial charge in [0.15, 0.2) is 0 Å². The number of aromatic nitrogens is 3. The van der Waals surface area contributed by atoms with E-state index in [9.17, 15) is 0 Å². The lowest BCUT2D eigenvalue weighted by Crippen LogP contribution is -2.04. The van der Waals surface area contributed by atoms with Crippen LogP contribution < -0.4 is 5.73 Å². The summed E-state index contributed by atoms with van der Waals surface area (Å²) in [6.45, 7) is 0.439. The summed E-state index contributed by atoms with van der Waals surface area (Å²) in [6.07, 6.45) is 4.57. The molecule has 4 nitrogen and oxygen atoms in total. The van der Waals surface area contributed by atoms with Gasteiger partial charge in [-0.25, -0.2) is 4.68 Å². The van der Waals surface area contributed by atoms with Crippen molar-refractivity contribution in [3.63, 3.8) is 0 Å². The Labute approximate surface area is 117 Å². The molecule has 2 heterocycles. The molecule has 0 unspecified atom stereocenters. The van der Waals surface area contributed by atoms with Crippen molar-refractivity contribution in [2.24, 2.45) is 5.73 Å². The zero-order valence-electron chi connectivity index (χ0n) is 11.2. The number of pyridine rings is 1. The second-order valence-electron chi connectivity index (χ2n) is 5.31. The van der Waals surface area contributed by atoms with Crippen molar-refractivity contribution in [3.05, 3.63) is 54.0 Å². The average molecular weight is 264 g/mol. The molecule has 4 heteroatoms. The maximum atomic E-state index is 5.76. The van der Waals surface area contributed by atoms with Gasteiger partial charge in [-0.15, -0.1) is 0 Å². The van der Waals surface area contributed by atoms with Crippen LogP contribution >= 0.6 is 0 Å². The van der Waals surface area contributed by atoms with Crippen molar-refractivity contribution in [2.75, 3.05) is 0 Å². The van der Waals surface area contributed by atoms with Crippen LogP contribution in [0, 0.1) is 0 Å². The second kappa shape index (κ2) is 4.42. The summed E-state index contributed by atoms with van der Waals surface area (Å²) in [6, 6.07) is 12.3. The Morgan fingerprint density at radius 1 is 1.20 bits per heavy atom. The summed E-state index contributed by atoms with van der Waals surface area (Å²) in [5, 5.41) is 5.82. The molecule has 0 amide bonds. The van der Waals surface area contributed by atoms with E-state index < -0.39 is 0 Å². The first-order valence-electron chi connectivity index (χ1n) is 7.00. The van der Waals surface area contributed by atoms with Gasteiger partial charge in [-0.2, -0.15) is 5.10 Å². The van der Waals surface area contributed by atoms with Crippen LogP contribution in [-0.2, 0) is 6.54 Å². The van der Waals surface area contributed by atoms with Crippen LogP contribution in [0.25, 0.3) is 16.6 Å². The molecule has 0 bridgehead atoms. The third-order valence-corrected chi connectivity index (χ3v) is 3.81. The van der Waals surface area contributed by atoms with Gasteiger partial charge >= 0.3 is 0 Å². The molecule has 1 aliphatic rings. The summed E-state index contributed by atoms with van der Waals surface area (Å²) in [4.78, 5) is 4.57. The van der Waals surface area contributed by atoms with E-state index in [4.69, 9.17) is 10.8 Å². The Hall–Kier alpha value is -2.20. The normalized spacial score (nSPS) is 14.8. The van der Waals surface area contributed by atoms with E-state index >= 15 is 0 Å². The van der Waals surface area contributed by atoms with Gasteiger partial charge in [-0.05, 0) is 31.0 Å². The smallest absolute Gasteiger partial charge is 0.0758 e. The molecule has 1 aromatic carbocycles. The first kappa shape index (κ1) is 11.6. The average Bonchev–Trinajstić information content (AvgIpc) is 3.24. The molecule has 0 aliphatic heterocycles. The van der Waals surface area contributed by atoms with E-state index in [-0.39, 0.29) is 0 Å². The van der Waals surface area contributed by atoms with Crippen LogP contribution in [0.15, 0.2) is 42.6 Å². The fourth-order valence-corrected chi connectivity index (χ4v) is 2.57. The SMILES string of the molecule is NCc1cc(-n2ccc(C3CC3)n2)c2ccccc2n1. The third kappa shape index (κ3) is 1.89. The van der Waals surface area contributed by atoms with Crippen LogP contribution in [0.2, 0.25) is 0 Å². The Balaban J connectivity index is 1.91. The van der Waals surface area contributed by atoms with Gasteiger partial charge in [0.2, 0.25) is 0 Å². The maximum Gasteiger partial charge on any atom is 0.0758 e. The predicted molar refractivity (Wildman–Crippen MR) is 78.7 cm³/mol. The molecule has 100 valence electrons. The Kier molecular flexibility index (Phi) is 2.57. The molecule has 1 saturated carbocycles. The summed E-state index contributed by atoms with van der Waals surface area (Å²) in [7, 11) is 0. The summed E-state index contributed by atoms with van der Waals surface area (Å²) >= 11 is 0. The lowest BCUT2D eigenvalue weighted by Gasteiger charge is -2.08. The number of para-hydroxylation sites is 1. The number of hydrogen-bond acceptors (Lipinski definition) is 3. The molecule has 2 aromatic heterocycles. The number of benzene rings is 1. The van der Waals surface area contributed by atoms with Gasteiger partial charge in [0, 0.05) is 24.0 Å². The van der Waals surface area contributed by atoms with Crippen molar-refractivity contribution in [2.45, 2.75) is 25.3 Å². The maximum absolute atomic E-state index is 5.76. The van der Waals surface area contributed by atoms with Crippen LogP contribution in [0.1, 0.15) is 30.1 Å². The number of nitrogens with zero attached hydrogens (tertiary/aromatic N) is 3. The number of rotatable bonds is 3. The first-order valence-corrected chi connectivity index (χ1v) is 7.00. The van der Waals surface area contributed by atoms with Crippen molar-refractivity contribution in [3.8, 4) is 5.69 Å². The van der Waals surface area contributed by atoms with E-state index in [1.54, 1.807) is 0 Å². The third-order valence-electron chi connectivity index (χ3n) is 3.81. The molecule has 1 fully saturated rings. The van der Waals surface area contributed by atoms with Gasteiger partial charge in [0.05, 0.1) is 22.6 Å². The quantitative estimate of drug-likeness (QED) is 0.791. The van der Waals surface area contributed by atoms with E-state index in [1.165, 1.54) is 18.5 Å². The van der Waals surface area contributed by atoms with Crippen LogP contribution in [0.5, 0.6) is 0 Å². The van der Waals surface area contributed by atoms with E-state index in [1.807, 2.05) is 35.1 Å². The number of nitrogens with two attached hydrogens (primary N) is 1. The van der Waals surface area contributed by atoms with Crippen LogP contribution in [0.4, 0.5) is 0 Å². The minimum Gasteiger partial charge on any atom is -0.325 e. The minimum absolute atomic E-state index is 0.439. The molecule has 0 atom stereocenters. The molecular formula is C16H16N4. The molecule has 2 N–H and O–H groups in total. The fraction of sp³-hybridized carbons (Fsp3) is 0.250. The largest absolute Gasteiger partial charge is 0.325 e. The van der Waals surface area contributed by atoms with Crippen LogP contribution in [0.3, 0.4) is 0 Å². The highest BCUT2D eigenvalue weighted by Crippen LogP contribution is 2.39. The zero-order valence-corrected chi connectivity index (χ0v) is 11.2. The molecule has 3 aromatic rings. The summed E-state index contributed by atoms with van der Waals surface area (Å²) in [5.41, 5.74) is 9.87. The molecule has 0 radical (unpaired) electrons. The Bertz CT molecular complexity index is 771. The Morgan fingerprint density at radius 3 is 2.85 bits per heavy atom. The van der Waals surface area contributed by atoms with Crippen molar-refractivity contribution < 1.29 is 0 Å². The van der Waals surface area contributed by atoms with E-state index in [0.29, 0.717) is 12.5 Å². The van der Waals surface area contributed by atoms with Gasteiger partial charge < -0.3 is 5.73 Å².